The molecule has 2 aliphatic rings. The van der Waals surface area contributed by atoms with Gasteiger partial charge in [-0.3, -0.25) is 9.79 Å². The quantitative estimate of drug-likeness (QED) is 0.813. The van der Waals surface area contributed by atoms with Crippen LogP contribution in [0, 0.1) is 0 Å². The van der Waals surface area contributed by atoms with Crippen LogP contribution in [-0.4, -0.2) is 38.0 Å². The van der Waals surface area contributed by atoms with Gasteiger partial charge in [0, 0.05) is 25.3 Å². The molecule has 0 atom stereocenters. The van der Waals surface area contributed by atoms with Crippen molar-refractivity contribution in [3.05, 3.63) is 29.8 Å². The molecule has 100 valence electrons. The number of rotatable bonds is 2. The van der Waals surface area contributed by atoms with Gasteiger partial charge in [0.15, 0.2) is 5.96 Å². The molecule has 0 saturated heterocycles. The predicted octanol–water partition coefficient (Wildman–Crippen LogP) is 0.515. The van der Waals surface area contributed by atoms with Crippen molar-refractivity contribution in [2.75, 3.05) is 31.1 Å². The first kappa shape index (κ1) is 12.0. The molecule has 2 heterocycles. The molecule has 5 heteroatoms. The third-order valence-corrected chi connectivity index (χ3v) is 3.49. The minimum atomic E-state index is 0.0972. The number of para-hydroxylation sites is 1. The summed E-state index contributed by atoms with van der Waals surface area (Å²) in [6.45, 7) is 2.82. The van der Waals surface area contributed by atoms with E-state index >= 15 is 0 Å². The first-order valence-electron chi connectivity index (χ1n) is 6.75. The highest BCUT2D eigenvalue weighted by Gasteiger charge is 2.23. The molecule has 1 amide bonds. The topological polar surface area (TPSA) is 56.7 Å². The molecule has 5 nitrogen and oxygen atoms in total. The molecule has 2 aliphatic heterocycles. The van der Waals surface area contributed by atoms with Crippen molar-refractivity contribution < 1.29 is 4.79 Å². The van der Waals surface area contributed by atoms with Crippen molar-refractivity contribution in [1.29, 1.82) is 0 Å². The summed E-state index contributed by atoms with van der Waals surface area (Å²) in [5.41, 5.74) is 2.30. The van der Waals surface area contributed by atoms with Gasteiger partial charge >= 0.3 is 0 Å². The van der Waals surface area contributed by atoms with Crippen LogP contribution in [0.25, 0.3) is 0 Å². The molecule has 0 saturated carbocycles. The van der Waals surface area contributed by atoms with Gasteiger partial charge in [0.25, 0.3) is 0 Å². The second kappa shape index (κ2) is 5.30. The van der Waals surface area contributed by atoms with Gasteiger partial charge in [-0.1, -0.05) is 18.2 Å². The van der Waals surface area contributed by atoms with Crippen molar-refractivity contribution >= 4 is 17.6 Å². The zero-order valence-corrected chi connectivity index (χ0v) is 10.9. The van der Waals surface area contributed by atoms with Crippen molar-refractivity contribution in [3.8, 4) is 0 Å². The van der Waals surface area contributed by atoms with Crippen LogP contribution in [0.4, 0.5) is 5.69 Å². The van der Waals surface area contributed by atoms with E-state index < -0.39 is 0 Å². The number of guanidine groups is 1. The number of fused-ring (bicyclic) bond motifs is 1. The number of benzene rings is 1. The Kier molecular flexibility index (Phi) is 3.35. The van der Waals surface area contributed by atoms with Crippen LogP contribution >= 0.6 is 0 Å². The number of nitrogens with zero attached hydrogens (tertiary/aromatic N) is 2. The Morgan fingerprint density at radius 3 is 3.16 bits per heavy atom. The monoisotopic (exact) mass is 258 g/mol. The van der Waals surface area contributed by atoms with Crippen LogP contribution in [0.1, 0.15) is 12.0 Å². The summed E-state index contributed by atoms with van der Waals surface area (Å²) in [7, 11) is 0. The van der Waals surface area contributed by atoms with Gasteiger partial charge in [-0.2, -0.15) is 0 Å². The molecule has 0 aromatic heterocycles. The highest BCUT2D eigenvalue weighted by Crippen LogP contribution is 2.27. The zero-order valence-electron chi connectivity index (χ0n) is 10.9. The number of anilines is 1. The summed E-state index contributed by atoms with van der Waals surface area (Å²) in [5, 5.41) is 6.23. The first-order valence-corrected chi connectivity index (χ1v) is 6.75. The minimum Gasteiger partial charge on any atom is -0.356 e. The van der Waals surface area contributed by atoms with Crippen LogP contribution in [0.5, 0.6) is 0 Å². The predicted molar refractivity (Wildman–Crippen MR) is 75.4 cm³/mol. The van der Waals surface area contributed by atoms with Gasteiger partial charge < -0.3 is 15.5 Å². The second-order valence-electron chi connectivity index (χ2n) is 4.79. The largest absolute Gasteiger partial charge is 0.356 e. The molecule has 2 N–H and O–H groups in total. The SMILES string of the molecule is O=C(CNC1=NCCCN1)N1CCc2ccccc21. The van der Waals surface area contributed by atoms with Crippen LogP contribution in [0.3, 0.4) is 0 Å². The number of carbonyl (C=O) groups is 1. The zero-order chi connectivity index (χ0) is 13.1. The summed E-state index contributed by atoms with van der Waals surface area (Å²) in [6, 6.07) is 8.09. The van der Waals surface area contributed by atoms with Crippen LogP contribution in [-0.2, 0) is 11.2 Å². The van der Waals surface area contributed by atoms with Gasteiger partial charge in [0.1, 0.15) is 0 Å². The Hall–Kier alpha value is -2.04. The number of hydrogen-bond donors (Lipinski definition) is 2. The summed E-state index contributed by atoms with van der Waals surface area (Å²) in [6.07, 6.45) is 2.00. The maximum Gasteiger partial charge on any atom is 0.246 e. The maximum atomic E-state index is 12.2. The summed E-state index contributed by atoms with van der Waals surface area (Å²) in [5.74, 6) is 0.840. The Morgan fingerprint density at radius 2 is 2.32 bits per heavy atom. The number of hydrogen-bond acceptors (Lipinski definition) is 4. The lowest BCUT2D eigenvalue weighted by molar-refractivity contribution is -0.117. The Bertz CT molecular complexity index is 512. The second-order valence-corrected chi connectivity index (χ2v) is 4.79. The molecule has 0 unspecified atom stereocenters. The Balaban J connectivity index is 1.61. The third kappa shape index (κ3) is 2.54. The van der Waals surface area contributed by atoms with Crippen molar-refractivity contribution in [2.45, 2.75) is 12.8 Å². The fourth-order valence-corrected chi connectivity index (χ4v) is 2.50. The first-order chi connectivity index (χ1) is 9.34. The smallest absolute Gasteiger partial charge is 0.246 e. The Morgan fingerprint density at radius 1 is 1.42 bits per heavy atom. The lowest BCUT2D eigenvalue weighted by Crippen LogP contribution is -2.46. The number of nitrogens with one attached hydrogen (secondary N) is 2. The maximum absolute atomic E-state index is 12.2. The van der Waals surface area contributed by atoms with E-state index in [1.807, 2.05) is 23.1 Å². The van der Waals surface area contributed by atoms with Crippen LogP contribution in [0.15, 0.2) is 29.3 Å². The number of amides is 1. The fraction of sp³-hybridized carbons (Fsp3) is 0.429. The van der Waals surface area contributed by atoms with E-state index in [1.165, 1.54) is 5.56 Å². The van der Waals surface area contributed by atoms with Crippen LogP contribution < -0.4 is 15.5 Å². The van der Waals surface area contributed by atoms with Gasteiger partial charge in [-0.25, -0.2) is 0 Å². The minimum absolute atomic E-state index is 0.0972. The van der Waals surface area contributed by atoms with E-state index in [0.717, 1.165) is 44.1 Å². The van der Waals surface area contributed by atoms with Crippen molar-refractivity contribution in [1.82, 2.24) is 10.6 Å². The molecule has 0 bridgehead atoms. The highest BCUT2D eigenvalue weighted by atomic mass is 16.2. The summed E-state index contributed by atoms with van der Waals surface area (Å²) in [4.78, 5) is 18.4. The molecule has 3 rings (SSSR count). The average Bonchev–Trinajstić information content (AvgIpc) is 2.90. The molecule has 0 spiro atoms. The van der Waals surface area contributed by atoms with Gasteiger partial charge in [0.05, 0.1) is 6.54 Å². The molecule has 0 fully saturated rings. The number of aliphatic imine (C=N–C) groups is 1. The summed E-state index contributed by atoms with van der Waals surface area (Å²) < 4.78 is 0. The molecular formula is C14H18N4O. The van der Waals surface area contributed by atoms with Gasteiger partial charge in [-0.05, 0) is 24.5 Å². The standard InChI is InChI=1S/C14H18N4O/c19-13(10-17-14-15-7-3-8-16-14)18-9-6-11-4-1-2-5-12(11)18/h1-2,4-5H,3,6-10H2,(H2,15,16,17). The van der Waals surface area contributed by atoms with E-state index in [0.29, 0.717) is 6.54 Å². The number of carbonyl (C=O) groups excluding carboxylic acids is 1. The Labute approximate surface area is 112 Å². The van der Waals surface area contributed by atoms with E-state index in [2.05, 4.69) is 21.7 Å². The lowest BCUT2D eigenvalue weighted by atomic mass is 10.2. The average molecular weight is 258 g/mol. The van der Waals surface area contributed by atoms with E-state index in [4.69, 9.17) is 0 Å². The lowest BCUT2D eigenvalue weighted by Gasteiger charge is -2.20. The van der Waals surface area contributed by atoms with Crippen molar-refractivity contribution in [2.24, 2.45) is 4.99 Å². The molecule has 19 heavy (non-hydrogen) atoms. The summed E-state index contributed by atoms with van der Waals surface area (Å²) >= 11 is 0. The molecule has 0 aliphatic carbocycles. The fourth-order valence-electron chi connectivity index (χ4n) is 2.50. The van der Waals surface area contributed by atoms with Gasteiger partial charge in [0.2, 0.25) is 5.91 Å². The van der Waals surface area contributed by atoms with Crippen molar-refractivity contribution in [3.63, 3.8) is 0 Å². The molecule has 1 aromatic rings. The third-order valence-electron chi connectivity index (χ3n) is 3.49. The normalized spacial score (nSPS) is 17.5. The van der Waals surface area contributed by atoms with E-state index in [-0.39, 0.29) is 5.91 Å². The highest BCUT2D eigenvalue weighted by molar-refractivity contribution is 5.98. The molecular weight excluding hydrogens is 240 g/mol. The van der Waals surface area contributed by atoms with E-state index in [1.54, 1.807) is 0 Å². The molecule has 1 aromatic carbocycles. The van der Waals surface area contributed by atoms with Gasteiger partial charge in [-0.15, -0.1) is 0 Å². The van der Waals surface area contributed by atoms with Crippen LogP contribution in [0.2, 0.25) is 0 Å². The van der Waals surface area contributed by atoms with E-state index in [9.17, 15) is 4.79 Å². The molecule has 0 radical (unpaired) electrons.